The molecule has 4 nitrogen and oxygen atoms in total. The number of aromatic nitrogens is 1. The molecule has 1 aromatic heterocycles. The van der Waals surface area contributed by atoms with E-state index in [2.05, 4.69) is 4.98 Å². The number of hydrogen-bond acceptors (Lipinski definition) is 3. The summed E-state index contributed by atoms with van der Waals surface area (Å²) in [5.41, 5.74) is 7.09. The zero-order valence-corrected chi connectivity index (χ0v) is 9.38. The standard InChI is InChI=1S/C13H12N2O2/c1-17-10-5-2-4-9(8-10)12-11(13(14)16)6-3-7-15-12/h2-8H,1H3,(H2,14,16). The van der Waals surface area contributed by atoms with Crippen molar-refractivity contribution in [3.05, 3.63) is 48.2 Å². The number of rotatable bonds is 3. The molecule has 0 aliphatic carbocycles. The summed E-state index contributed by atoms with van der Waals surface area (Å²) in [4.78, 5) is 15.5. The average molecular weight is 228 g/mol. The molecular weight excluding hydrogens is 216 g/mol. The van der Waals surface area contributed by atoms with Crippen molar-refractivity contribution < 1.29 is 9.53 Å². The fraction of sp³-hybridized carbons (Fsp3) is 0.0769. The summed E-state index contributed by atoms with van der Waals surface area (Å²) >= 11 is 0. The highest BCUT2D eigenvalue weighted by molar-refractivity contribution is 5.98. The van der Waals surface area contributed by atoms with Crippen LogP contribution < -0.4 is 10.5 Å². The van der Waals surface area contributed by atoms with Gasteiger partial charge >= 0.3 is 0 Å². The Kier molecular flexibility index (Phi) is 3.05. The fourth-order valence-electron chi connectivity index (χ4n) is 1.60. The van der Waals surface area contributed by atoms with E-state index >= 15 is 0 Å². The molecule has 0 saturated carbocycles. The van der Waals surface area contributed by atoms with E-state index in [1.54, 1.807) is 25.4 Å². The Morgan fingerprint density at radius 1 is 1.29 bits per heavy atom. The van der Waals surface area contributed by atoms with E-state index in [1.807, 2.05) is 24.3 Å². The van der Waals surface area contributed by atoms with Gasteiger partial charge in [-0.3, -0.25) is 9.78 Å². The van der Waals surface area contributed by atoms with E-state index in [9.17, 15) is 4.79 Å². The number of nitrogens with two attached hydrogens (primary N) is 1. The Bertz CT molecular complexity index is 553. The molecule has 0 fully saturated rings. The summed E-state index contributed by atoms with van der Waals surface area (Å²) in [6.07, 6.45) is 1.63. The van der Waals surface area contributed by atoms with Crippen LogP contribution in [0.25, 0.3) is 11.3 Å². The minimum absolute atomic E-state index is 0.403. The molecule has 0 bridgehead atoms. The van der Waals surface area contributed by atoms with Crippen molar-refractivity contribution in [2.45, 2.75) is 0 Å². The molecule has 0 atom stereocenters. The van der Waals surface area contributed by atoms with Crippen molar-refractivity contribution in [2.24, 2.45) is 5.73 Å². The maximum Gasteiger partial charge on any atom is 0.250 e. The quantitative estimate of drug-likeness (QED) is 0.871. The first-order valence-corrected chi connectivity index (χ1v) is 5.11. The van der Waals surface area contributed by atoms with E-state index in [0.29, 0.717) is 17.0 Å². The van der Waals surface area contributed by atoms with Crippen molar-refractivity contribution in [2.75, 3.05) is 7.11 Å². The van der Waals surface area contributed by atoms with E-state index in [0.717, 1.165) is 5.56 Å². The van der Waals surface area contributed by atoms with Crippen LogP contribution in [0.5, 0.6) is 5.75 Å². The second kappa shape index (κ2) is 4.65. The van der Waals surface area contributed by atoms with Gasteiger partial charge in [0, 0.05) is 11.8 Å². The van der Waals surface area contributed by atoms with Gasteiger partial charge in [-0.1, -0.05) is 12.1 Å². The van der Waals surface area contributed by atoms with E-state index in [4.69, 9.17) is 10.5 Å². The van der Waals surface area contributed by atoms with Crippen LogP contribution in [0.1, 0.15) is 10.4 Å². The molecule has 2 aromatic rings. The number of carbonyl (C=O) groups excluding carboxylic acids is 1. The topological polar surface area (TPSA) is 65.2 Å². The lowest BCUT2D eigenvalue weighted by atomic mass is 10.1. The van der Waals surface area contributed by atoms with Gasteiger partial charge in [0.25, 0.3) is 5.91 Å². The highest BCUT2D eigenvalue weighted by Gasteiger charge is 2.10. The van der Waals surface area contributed by atoms with Gasteiger partial charge in [-0.2, -0.15) is 0 Å². The number of carbonyl (C=O) groups is 1. The fourth-order valence-corrected chi connectivity index (χ4v) is 1.60. The van der Waals surface area contributed by atoms with Crippen molar-refractivity contribution in [1.82, 2.24) is 4.98 Å². The highest BCUT2D eigenvalue weighted by atomic mass is 16.5. The second-order valence-corrected chi connectivity index (χ2v) is 3.50. The molecule has 0 radical (unpaired) electrons. The monoisotopic (exact) mass is 228 g/mol. The van der Waals surface area contributed by atoms with Crippen molar-refractivity contribution in [1.29, 1.82) is 0 Å². The van der Waals surface area contributed by atoms with Crippen LogP contribution in [0.3, 0.4) is 0 Å². The second-order valence-electron chi connectivity index (χ2n) is 3.50. The van der Waals surface area contributed by atoms with Crippen molar-refractivity contribution >= 4 is 5.91 Å². The van der Waals surface area contributed by atoms with Gasteiger partial charge in [0.1, 0.15) is 5.75 Å². The number of pyridine rings is 1. The SMILES string of the molecule is COc1cccc(-c2ncccc2C(N)=O)c1. The van der Waals surface area contributed by atoms with Crippen LogP contribution in [0.4, 0.5) is 0 Å². The molecule has 2 rings (SSSR count). The molecule has 4 heteroatoms. The van der Waals surface area contributed by atoms with Gasteiger partial charge in [-0.25, -0.2) is 0 Å². The summed E-state index contributed by atoms with van der Waals surface area (Å²) < 4.78 is 5.13. The molecule has 1 heterocycles. The van der Waals surface area contributed by atoms with Crippen molar-refractivity contribution in [3.63, 3.8) is 0 Å². The van der Waals surface area contributed by atoms with Gasteiger partial charge in [-0.15, -0.1) is 0 Å². The molecule has 2 N–H and O–H groups in total. The molecule has 0 spiro atoms. The first-order valence-electron chi connectivity index (χ1n) is 5.11. The zero-order chi connectivity index (χ0) is 12.3. The van der Waals surface area contributed by atoms with Crippen LogP contribution in [0.2, 0.25) is 0 Å². The minimum atomic E-state index is -0.490. The molecule has 0 aliphatic rings. The third-order valence-corrected chi connectivity index (χ3v) is 2.42. The number of ether oxygens (including phenoxy) is 1. The minimum Gasteiger partial charge on any atom is -0.497 e. The van der Waals surface area contributed by atoms with E-state index in [1.165, 1.54) is 0 Å². The van der Waals surface area contributed by atoms with Crippen LogP contribution in [-0.4, -0.2) is 18.0 Å². The largest absolute Gasteiger partial charge is 0.497 e. The Morgan fingerprint density at radius 2 is 2.12 bits per heavy atom. The summed E-state index contributed by atoms with van der Waals surface area (Å²) in [7, 11) is 1.59. The number of benzene rings is 1. The van der Waals surface area contributed by atoms with Gasteiger partial charge < -0.3 is 10.5 Å². The van der Waals surface area contributed by atoms with Crippen molar-refractivity contribution in [3.8, 4) is 17.0 Å². The van der Waals surface area contributed by atoms with Crippen LogP contribution >= 0.6 is 0 Å². The molecule has 1 aromatic carbocycles. The number of hydrogen-bond donors (Lipinski definition) is 1. The summed E-state index contributed by atoms with van der Waals surface area (Å²) in [5.74, 6) is 0.222. The molecule has 17 heavy (non-hydrogen) atoms. The maximum absolute atomic E-state index is 11.3. The third kappa shape index (κ3) is 2.25. The smallest absolute Gasteiger partial charge is 0.250 e. The van der Waals surface area contributed by atoms with Crippen LogP contribution in [-0.2, 0) is 0 Å². The average Bonchev–Trinajstić information content (AvgIpc) is 2.39. The first kappa shape index (κ1) is 11.1. The number of amides is 1. The highest BCUT2D eigenvalue weighted by Crippen LogP contribution is 2.24. The summed E-state index contributed by atoms with van der Waals surface area (Å²) in [5, 5.41) is 0. The predicted molar refractivity (Wildman–Crippen MR) is 64.7 cm³/mol. The molecule has 86 valence electrons. The summed E-state index contributed by atoms with van der Waals surface area (Å²) in [6.45, 7) is 0. The van der Waals surface area contributed by atoms with E-state index in [-0.39, 0.29) is 0 Å². The molecule has 0 aliphatic heterocycles. The Labute approximate surface area is 99.1 Å². The lowest BCUT2D eigenvalue weighted by molar-refractivity contribution is 0.100. The lowest BCUT2D eigenvalue weighted by Gasteiger charge is -2.07. The Balaban J connectivity index is 2.56. The molecule has 0 unspecified atom stereocenters. The number of nitrogens with zero attached hydrogens (tertiary/aromatic N) is 1. The third-order valence-electron chi connectivity index (χ3n) is 2.42. The molecular formula is C13H12N2O2. The molecule has 0 saturated heterocycles. The maximum atomic E-state index is 11.3. The van der Waals surface area contributed by atoms with E-state index < -0.39 is 5.91 Å². The van der Waals surface area contributed by atoms with Gasteiger partial charge in [0.15, 0.2) is 0 Å². The van der Waals surface area contributed by atoms with Gasteiger partial charge in [0.2, 0.25) is 0 Å². The molecule has 1 amide bonds. The van der Waals surface area contributed by atoms with Crippen LogP contribution in [0.15, 0.2) is 42.6 Å². The normalized spacial score (nSPS) is 9.94. The Morgan fingerprint density at radius 3 is 2.82 bits per heavy atom. The first-order chi connectivity index (χ1) is 8.22. The van der Waals surface area contributed by atoms with Gasteiger partial charge in [0.05, 0.1) is 18.4 Å². The predicted octanol–water partition coefficient (Wildman–Crippen LogP) is 1.86. The Hall–Kier alpha value is -2.36. The van der Waals surface area contributed by atoms with Gasteiger partial charge in [-0.05, 0) is 24.3 Å². The summed E-state index contributed by atoms with van der Waals surface area (Å²) in [6, 6.07) is 10.7. The van der Waals surface area contributed by atoms with Crippen LogP contribution in [0, 0.1) is 0 Å². The zero-order valence-electron chi connectivity index (χ0n) is 9.38. The number of methoxy groups -OCH3 is 1. The lowest BCUT2D eigenvalue weighted by Crippen LogP contribution is -2.13. The number of primary amides is 1.